The molecule has 1 amide bonds. The Kier molecular flexibility index (Phi) is 5.21. The molecule has 1 aliphatic heterocycles. The highest BCUT2D eigenvalue weighted by Crippen LogP contribution is 2.51. The minimum absolute atomic E-state index is 0.120. The zero-order chi connectivity index (χ0) is 25.0. The standard InChI is InChI=1S/C29H24N2O4S/c1-30-36(34,35)21-12-13-25-24(16-21)27(29(33)31-25)26-20(14-18-7-3-4-8-22(18)26)15-19-11-10-17-6-2-5-9-23(17)28(19)32/h2-14,16,26-27,30,32H,15H2,1H3,(H,31,33). The Morgan fingerprint density at radius 1 is 0.917 bits per heavy atom. The number of anilines is 1. The van der Waals surface area contributed by atoms with E-state index in [9.17, 15) is 18.3 Å². The van der Waals surface area contributed by atoms with Crippen LogP contribution >= 0.6 is 0 Å². The van der Waals surface area contributed by atoms with Gasteiger partial charge in [0.2, 0.25) is 15.9 Å². The molecule has 1 aliphatic carbocycles. The van der Waals surface area contributed by atoms with Gasteiger partial charge in [0.1, 0.15) is 5.75 Å². The third-order valence-electron chi connectivity index (χ3n) is 7.26. The van der Waals surface area contributed by atoms with E-state index in [2.05, 4.69) is 16.1 Å². The van der Waals surface area contributed by atoms with Gasteiger partial charge in [-0.1, -0.05) is 72.3 Å². The molecule has 2 atom stereocenters. The molecule has 0 saturated carbocycles. The van der Waals surface area contributed by atoms with Gasteiger partial charge in [0.05, 0.1) is 10.8 Å². The van der Waals surface area contributed by atoms with E-state index in [-0.39, 0.29) is 22.5 Å². The fraction of sp³-hybridized carbons (Fsp3) is 0.138. The minimum Gasteiger partial charge on any atom is -0.507 e. The number of phenolic OH excluding ortho intramolecular Hbond substituents is 1. The molecule has 4 aromatic carbocycles. The van der Waals surface area contributed by atoms with Crippen LogP contribution in [0.3, 0.4) is 0 Å². The van der Waals surface area contributed by atoms with Gasteiger partial charge in [-0.05, 0) is 59.3 Å². The van der Waals surface area contributed by atoms with Crippen molar-refractivity contribution in [2.75, 3.05) is 12.4 Å². The summed E-state index contributed by atoms with van der Waals surface area (Å²) < 4.78 is 27.4. The smallest absolute Gasteiger partial charge is 0.240 e. The topological polar surface area (TPSA) is 95.5 Å². The molecule has 180 valence electrons. The van der Waals surface area contributed by atoms with Gasteiger partial charge in [-0.25, -0.2) is 13.1 Å². The summed E-state index contributed by atoms with van der Waals surface area (Å²) in [5.41, 5.74) is 5.10. The molecule has 3 N–H and O–H groups in total. The van der Waals surface area contributed by atoms with Crippen LogP contribution in [-0.4, -0.2) is 26.5 Å². The van der Waals surface area contributed by atoms with Crippen molar-refractivity contribution in [3.8, 4) is 5.75 Å². The first-order valence-electron chi connectivity index (χ1n) is 11.7. The predicted octanol–water partition coefficient (Wildman–Crippen LogP) is 4.91. The zero-order valence-corrected chi connectivity index (χ0v) is 20.3. The summed E-state index contributed by atoms with van der Waals surface area (Å²) in [4.78, 5) is 13.5. The molecular weight excluding hydrogens is 472 g/mol. The number of nitrogens with one attached hydrogen (secondary N) is 2. The number of phenols is 1. The third-order valence-corrected chi connectivity index (χ3v) is 8.67. The van der Waals surface area contributed by atoms with E-state index >= 15 is 0 Å². The van der Waals surface area contributed by atoms with Crippen molar-refractivity contribution in [2.24, 2.45) is 0 Å². The maximum atomic E-state index is 13.3. The van der Waals surface area contributed by atoms with Crippen molar-refractivity contribution in [2.45, 2.75) is 23.2 Å². The first-order chi connectivity index (χ1) is 17.4. The van der Waals surface area contributed by atoms with Crippen LogP contribution in [0.15, 0.2) is 89.3 Å². The highest BCUT2D eigenvalue weighted by molar-refractivity contribution is 7.89. The summed E-state index contributed by atoms with van der Waals surface area (Å²) in [5, 5.41) is 15.7. The number of aromatic hydroxyl groups is 1. The molecule has 6 rings (SSSR count). The van der Waals surface area contributed by atoms with Crippen LogP contribution in [0.4, 0.5) is 5.69 Å². The van der Waals surface area contributed by atoms with Gasteiger partial charge in [0, 0.05) is 17.0 Å². The van der Waals surface area contributed by atoms with Crippen molar-refractivity contribution in [1.82, 2.24) is 4.72 Å². The number of fused-ring (bicyclic) bond motifs is 3. The van der Waals surface area contributed by atoms with Crippen molar-refractivity contribution in [1.29, 1.82) is 0 Å². The summed E-state index contributed by atoms with van der Waals surface area (Å²) >= 11 is 0. The molecule has 0 fully saturated rings. The number of rotatable bonds is 5. The molecule has 2 aliphatic rings. The Morgan fingerprint density at radius 3 is 2.53 bits per heavy atom. The molecule has 7 heteroatoms. The number of hydrogen-bond donors (Lipinski definition) is 3. The Morgan fingerprint density at radius 2 is 1.69 bits per heavy atom. The number of hydrogen-bond acceptors (Lipinski definition) is 4. The predicted molar refractivity (Wildman–Crippen MR) is 141 cm³/mol. The van der Waals surface area contributed by atoms with E-state index in [1.165, 1.54) is 13.1 Å². The van der Waals surface area contributed by atoms with Crippen LogP contribution in [-0.2, 0) is 21.2 Å². The van der Waals surface area contributed by atoms with E-state index in [0.29, 0.717) is 17.7 Å². The fourth-order valence-electron chi connectivity index (χ4n) is 5.51. The average molecular weight is 497 g/mol. The normalized spacial score (nSPS) is 18.6. The highest BCUT2D eigenvalue weighted by atomic mass is 32.2. The second kappa shape index (κ2) is 8.33. The van der Waals surface area contributed by atoms with Gasteiger partial charge in [0.25, 0.3) is 0 Å². The van der Waals surface area contributed by atoms with Gasteiger partial charge in [-0.15, -0.1) is 0 Å². The van der Waals surface area contributed by atoms with Crippen LogP contribution in [0.2, 0.25) is 0 Å². The van der Waals surface area contributed by atoms with Crippen molar-refractivity contribution in [3.05, 3.63) is 107 Å². The molecule has 0 bridgehead atoms. The van der Waals surface area contributed by atoms with Gasteiger partial charge >= 0.3 is 0 Å². The number of sulfonamides is 1. The van der Waals surface area contributed by atoms with E-state index in [1.54, 1.807) is 12.1 Å². The molecule has 36 heavy (non-hydrogen) atoms. The second-order valence-corrected chi connectivity index (χ2v) is 11.1. The number of benzene rings is 4. The van der Waals surface area contributed by atoms with Gasteiger partial charge in [-0.2, -0.15) is 0 Å². The molecule has 0 spiro atoms. The number of allylic oxidation sites excluding steroid dienone is 1. The Bertz CT molecular complexity index is 1690. The van der Waals surface area contributed by atoms with Crippen molar-refractivity contribution >= 4 is 38.5 Å². The van der Waals surface area contributed by atoms with Crippen LogP contribution in [0.25, 0.3) is 16.8 Å². The van der Waals surface area contributed by atoms with E-state index in [1.807, 2.05) is 60.7 Å². The summed E-state index contributed by atoms with van der Waals surface area (Å²) in [6.07, 6.45) is 2.55. The lowest BCUT2D eigenvalue weighted by molar-refractivity contribution is -0.117. The highest BCUT2D eigenvalue weighted by Gasteiger charge is 2.42. The molecule has 0 saturated heterocycles. The fourth-order valence-corrected chi connectivity index (χ4v) is 6.28. The molecule has 2 unspecified atom stereocenters. The van der Waals surface area contributed by atoms with Crippen molar-refractivity contribution in [3.63, 3.8) is 0 Å². The van der Waals surface area contributed by atoms with Crippen molar-refractivity contribution < 1.29 is 18.3 Å². The first kappa shape index (κ1) is 22.5. The van der Waals surface area contributed by atoms with Crippen LogP contribution in [0.5, 0.6) is 5.75 Å². The largest absolute Gasteiger partial charge is 0.507 e. The minimum atomic E-state index is -3.67. The number of amides is 1. The van der Waals surface area contributed by atoms with Gasteiger partial charge in [0.15, 0.2) is 0 Å². The maximum absolute atomic E-state index is 13.3. The molecule has 4 aromatic rings. The molecule has 1 heterocycles. The van der Waals surface area contributed by atoms with E-state index in [4.69, 9.17) is 0 Å². The SMILES string of the molecule is CNS(=O)(=O)c1ccc2c(c1)C(C1C(Cc3ccc4ccccc4c3O)=Cc3ccccc31)C(=O)N2. The molecule has 0 radical (unpaired) electrons. The van der Waals surface area contributed by atoms with E-state index in [0.717, 1.165) is 33.0 Å². The third kappa shape index (κ3) is 3.51. The Labute approximate surface area is 209 Å². The van der Waals surface area contributed by atoms with E-state index < -0.39 is 15.9 Å². The lowest BCUT2D eigenvalue weighted by Crippen LogP contribution is -2.21. The van der Waals surface area contributed by atoms with Crippen LogP contribution in [0.1, 0.15) is 34.1 Å². The van der Waals surface area contributed by atoms with Gasteiger partial charge < -0.3 is 10.4 Å². The summed E-state index contributed by atoms with van der Waals surface area (Å²) in [5.74, 6) is -0.813. The summed E-state index contributed by atoms with van der Waals surface area (Å²) in [7, 11) is -2.30. The lowest BCUT2D eigenvalue weighted by atomic mass is 9.78. The quantitative estimate of drug-likeness (QED) is 0.366. The molecule has 0 aromatic heterocycles. The Balaban J connectivity index is 1.46. The zero-order valence-electron chi connectivity index (χ0n) is 19.5. The average Bonchev–Trinajstić information content (AvgIpc) is 3.40. The van der Waals surface area contributed by atoms with Crippen LogP contribution < -0.4 is 10.0 Å². The maximum Gasteiger partial charge on any atom is 0.240 e. The second-order valence-electron chi connectivity index (χ2n) is 9.22. The Hall–Kier alpha value is -3.94. The first-order valence-corrected chi connectivity index (χ1v) is 13.2. The van der Waals surface area contributed by atoms with Crippen LogP contribution in [0, 0.1) is 0 Å². The number of carbonyl (C=O) groups is 1. The molecular formula is C29H24N2O4S. The summed E-state index contributed by atoms with van der Waals surface area (Å²) in [6, 6.07) is 24.3. The molecule has 6 nitrogen and oxygen atoms in total. The van der Waals surface area contributed by atoms with Gasteiger partial charge in [-0.3, -0.25) is 4.79 Å². The lowest BCUT2D eigenvalue weighted by Gasteiger charge is -2.23. The summed E-state index contributed by atoms with van der Waals surface area (Å²) in [6.45, 7) is 0. The number of carbonyl (C=O) groups excluding carboxylic acids is 1. The monoisotopic (exact) mass is 496 g/mol.